The van der Waals surface area contributed by atoms with E-state index in [-0.39, 0.29) is 18.1 Å². The minimum absolute atomic E-state index is 0.0320. The van der Waals surface area contributed by atoms with Gasteiger partial charge in [0.2, 0.25) is 0 Å². The van der Waals surface area contributed by atoms with E-state index in [1.54, 1.807) is 0 Å². The van der Waals surface area contributed by atoms with Crippen LogP contribution in [0.25, 0.3) is 0 Å². The molecule has 144 valence electrons. The highest BCUT2D eigenvalue weighted by atomic mass is 16.5. The van der Waals surface area contributed by atoms with E-state index in [9.17, 15) is 4.79 Å². The molecule has 0 radical (unpaired) electrons. The van der Waals surface area contributed by atoms with Gasteiger partial charge in [-0.2, -0.15) is 5.10 Å². The fraction of sp³-hybridized carbons (Fsp3) is 0.524. The number of nitrogens with one attached hydrogen (secondary N) is 2. The average molecular weight is 368 g/mol. The van der Waals surface area contributed by atoms with Gasteiger partial charge in [0, 0.05) is 19.3 Å². The summed E-state index contributed by atoms with van der Waals surface area (Å²) in [5, 5.41) is 11.1. The second-order valence-corrected chi connectivity index (χ2v) is 7.61. The van der Waals surface area contributed by atoms with Gasteiger partial charge in [-0.25, -0.2) is 0 Å². The van der Waals surface area contributed by atoms with Crippen molar-refractivity contribution in [1.82, 2.24) is 20.4 Å². The van der Waals surface area contributed by atoms with Gasteiger partial charge in [0.05, 0.1) is 12.1 Å². The van der Waals surface area contributed by atoms with Crippen LogP contribution in [0.4, 0.5) is 0 Å². The molecule has 0 bridgehead atoms. The molecule has 2 aromatic rings. The van der Waals surface area contributed by atoms with Gasteiger partial charge in [-0.05, 0) is 50.8 Å². The second-order valence-electron chi connectivity index (χ2n) is 7.61. The zero-order chi connectivity index (χ0) is 18.6. The van der Waals surface area contributed by atoms with Crippen molar-refractivity contribution in [2.45, 2.75) is 50.8 Å². The molecule has 0 saturated carbocycles. The molecule has 1 amide bonds. The number of aromatic nitrogens is 2. The Morgan fingerprint density at radius 2 is 2.07 bits per heavy atom. The molecular weight excluding hydrogens is 340 g/mol. The third kappa shape index (κ3) is 4.22. The van der Waals surface area contributed by atoms with E-state index < -0.39 is 0 Å². The summed E-state index contributed by atoms with van der Waals surface area (Å²) < 4.78 is 7.93. The zero-order valence-corrected chi connectivity index (χ0v) is 15.9. The molecule has 2 aliphatic heterocycles. The molecule has 3 heterocycles. The summed E-state index contributed by atoms with van der Waals surface area (Å²) >= 11 is 0. The summed E-state index contributed by atoms with van der Waals surface area (Å²) in [6.45, 7) is 4.78. The molecule has 2 fully saturated rings. The van der Waals surface area contributed by atoms with Crippen molar-refractivity contribution in [3.05, 3.63) is 53.3 Å². The van der Waals surface area contributed by atoms with Gasteiger partial charge in [0.15, 0.2) is 0 Å². The molecular formula is C21H28N4O2. The number of carbonyl (C=O) groups excluding carboxylic acids is 1. The number of rotatable bonds is 4. The number of nitrogens with zero attached hydrogens (tertiary/aromatic N) is 2. The average Bonchev–Trinajstić information content (AvgIpc) is 3.20. The Balaban J connectivity index is 1.44. The lowest BCUT2D eigenvalue weighted by Crippen LogP contribution is -2.43. The van der Waals surface area contributed by atoms with E-state index in [4.69, 9.17) is 4.74 Å². The van der Waals surface area contributed by atoms with Crippen molar-refractivity contribution in [1.29, 1.82) is 0 Å². The normalized spacial score (nSPS) is 25.9. The Labute approximate surface area is 160 Å². The number of aryl methyl sites for hydroxylation is 1. The highest BCUT2D eigenvalue weighted by Crippen LogP contribution is 2.29. The van der Waals surface area contributed by atoms with Gasteiger partial charge in [-0.3, -0.25) is 9.48 Å². The molecule has 27 heavy (non-hydrogen) atoms. The monoisotopic (exact) mass is 368 g/mol. The van der Waals surface area contributed by atoms with E-state index in [0.29, 0.717) is 11.7 Å². The van der Waals surface area contributed by atoms with Crippen LogP contribution in [0.15, 0.2) is 36.5 Å². The first-order valence-corrected chi connectivity index (χ1v) is 9.95. The zero-order valence-electron chi connectivity index (χ0n) is 15.9. The molecule has 0 aliphatic carbocycles. The fourth-order valence-corrected chi connectivity index (χ4v) is 3.98. The summed E-state index contributed by atoms with van der Waals surface area (Å²) in [4.78, 5) is 12.8. The van der Waals surface area contributed by atoms with E-state index in [2.05, 4.69) is 46.9 Å². The maximum Gasteiger partial charge on any atom is 0.272 e. The van der Waals surface area contributed by atoms with Crippen LogP contribution in [-0.4, -0.2) is 41.4 Å². The topological polar surface area (TPSA) is 68.2 Å². The van der Waals surface area contributed by atoms with E-state index in [1.165, 1.54) is 5.56 Å². The fourth-order valence-electron chi connectivity index (χ4n) is 3.98. The number of hydrogen-bond acceptors (Lipinski definition) is 4. The molecule has 0 spiro atoms. The predicted molar refractivity (Wildman–Crippen MR) is 104 cm³/mol. The van der Waals surface area contributed by atoms with Crippen molar-refractivity contribution in [3.63, 3.8) is 0 Å². The Morgan fingerprint density at radius 3 is 2.85 bits per heavy atom. The van der Waals surface area contributed by atoms with Gasteiger partial charge in [-0.1, -0.05) is 29.8 Å². The highest BCUT2D eigenvalue weighted by molar-refractivity contribution is 5.92. The Morgan fingerprint density at radius 1 is 1.22 bits per heavy atom. The van der Waals surface area contributed by atoms with Gasteiger partial charge in [0.1, 0.15) is 11.8 Å². The molecule has 2 N–H and O–H groups in total. The lowest BCUT2D eigenvalue weighted by molar-refractivity contribution is -0.00952. The number of ether oxygens (including phenoxy) is 1. The number of amides is 1. The number of carbonyl (C=O) groups is 1. The number of benzene rings is 1. The highest BCUT2D eigenvalue weighted by Gasteiger charge is 2.29. The van der Waals surface area contributed by atoms with E-state index >= 15 is 0 Å². The molecule has 6 nitrogen and oxygen atoms in total. The Bertz CT molecular complexity index is 765. The maximum absolute atomic E-state index is 12.8. The quantitative estimate of drug-likeness (QED) is 0.871. The lowest BCUT2D eigenvalue weighted by atomic mass is 9.95. The van der Waals surface area contributed by atoms with E-state index in [0.717, 1.165) is 50.9 Å². The number of piperidine rings is 1. The molecule has 1 aromatic carbocycles. The van der Waals surface area contributed by atoms with Gasteiger partial charge < -0.3 is 15.4 Å². The van der Waals surface area contributed by atoms with Crippen molar-refractivity contribution >= 4 is 5.91 Å². The molecule has 6 heteroatoms. The largest absolute Gasteiger partial charge is 0.371 e. The minimum Gasteiger partial charge on any atom is -0.371 e. The molecule has 1 aromatic heterocycles. The van der Waals surface area contributed by atoms with Crippen LogP contribution in [0, 0.1) is 6.92 Å². The molecule has 3 atom stereocenters. The third-order valence-electron chi connectivity index (χ3n) is 5.53. The van der Waals surface area contributed by atoms with Crippen LogP contribution in [0.3, 0.4) is 0 Å². The standard InChI is InChI=1S/C21H28N4O2/c1-15-6-8-16(9-7-15)20-18(5-3-13-27-20)23-21(26)19-10-12-25(24-19)17-4-2-11-22-14-17/h6-10,12,17-18,20,22H,2-5,11,13-14H2,1H3,(H,23,26). The van der Waals surface area contributed by atoms with Crippen LogP contribution in [0.5, 0.6) is 0 Å². The van der Waals surface area contributed by atoms with Gasteiger partial charge >= 0.3 is 0 Å². The molecule has 3 unspecified atom stereocenters. The Kier molecular flexibility index (Phi) is 5.55. The van der Waals surface area contributed by atoms with Gasteiger partial charge in [-0.15, -0.1) is 0 Å². The first-order chi connectivity index (χ1) is 13.2. The first kappa shape index (κ1) is 18.2. The molecule has 2 saturated heterocycles. The van der Waals surface area contributed by atoms with Crippen molar-refractivity contribution < 1.29 is 9.53 Å². The van der Waals surface area contributed by atoms with Gasteiger partial charge in [0.25, 0.3) is 5.91 Å². The van der Waals surface area contributed by atoms with Crippen molar-refractivity contribution in [2.24, 2.45) is 0 Å². The first-order valence-electron chi connectivity index (χ1n) is 9.95. The summed E-state index contributed by atoms with van der Waals surface area (Å²) in [5.74, 6) is -0.120. The smallest absolute Gasteiger partial charge is 0.272 e. The SMILES string of the molecule is Cc1ccc(C2OCCCC2NC(=O)c2ccn(C3CCCNC3)n2)cc1. The third-order valence-corrected chi connectivity index (χ3v) is 5.53. The minimum atomic E-state index is -0.120. The lowest BCUT2D eigenvalue weighted by Gasteiger charge is -2.32. The second kappa shape index (κ2) is 8.23. The molecule has 4 rings (SSSR count). The number of hydrogen-bond donors (Lipinski definition) is 2. The van der Waals surface area contributed by atoms with Crippen LogP contribution < -0.4 is 10.6 Å². The van der Waals surface area contributed by atoms with Crippen LogP contribution in [0.2, 0.25) is 0 Å². The molecule has 2 aliphatic rings. The van der Waals surface area contributed by atoms with Crippen molar-refractivity contribution in [2.75, 3.05) is 19.7 Å². The van der Waals surface area contributed by atoms with Crippen LogP contribution in [0.1, 0.15) is 59.4 Å². The summed E-state index contributed by atoms with van der Waals surface area (Å²) in [6.07, 6.45) is 5.92. The van der Waals surface area contributed by atoms with E-state index in [1.807, 2.05) is 16.9 Å². The summed E-state index contributed by atoms with van der Waals surface area (Å²) in [5.41, 5.74) is 2.82. The maximum atomic E-state index is 12.8. The van der Waals surface area contributed by atoms with Crippen LogP contribution >= 0.6 is 0 Å². The van der Waals surface area contributed by atoms with Crippen LogP contribution in [-0.2, 0) is 4.74 Å². The van der Waals surface area contributed by atoms with Crippen molar-refractivity contribution in [3.8, 4) is 0 Å². The predicted octanol–water partition coefficient (Wildman–Crippen LogP) is 2.77. The summed E-state index contributed by atoms with van der Waals surface area (Å²) in [7, 11) is 0. The summed E-state index contributed by atoms with van der Waals surface area (Å²) in [6, 6.07) is 10.5. The Hall–Kier alpha value is -2.18.